The Kier molecular flexibility index (Phi) is 8.23. The van der Waals surface area contributed by atoms with Crippen molar-refractivity contribution in [1.29, 1.82) is 0 Å². The molecule has 0 unspecified atom stereocenters. The number of rotatable bonds is 9. The molecule has 3 aromatic carbocycles. The maximum atomic E-state index is 12.8. The van der Waals surface area contributed by atoms with Gasteiger partial charge in [0.1, 0.15) is 19.0 Å². The first kappa shape index (κ1) is 25.0. The topological polar surface area (TPSA) is 65.1 Å². The first-order valence-electron chi connectivity index (χ1n) is 10.6. The summed E-state index contributed by atoms with van der Waals surface area (Å²) in [5, 5.41) is 0.705. The van der Waals surface area contributed by atoms with Crippen LogP contribution >= 0.6 is 35.0 Å². The zero-order chi connectivity index (χ0) is 24.8. The molecule has 6 nitrogen and oxygen atoms in total. The van der Waals surface area contributed by atoms with Crippen LogP contribution in [0.1, 0.15) is 11.1 Å². The Morgan fingerprint density at radius 3 is 2.49 bits per heavy atom. The molecule has 0 atom stereocenters. The highest BCUT2D eigenvalue weighted by molar-refractivity contribution is 8.18. The quantitative estimate of drug-likeness (QED) is 0.287. The van der Waals surface area contributed by atoms with Crippen molar-refractivity contribution < 1.29 is 23.8 Å². The van der Waals surface area contributed by atoms with Gasteiger partial charge in [0.2, 0.25) is 0 Å². The predicted octanol–water partition coefficient (Wildman–Crippen LogP) is 6.70. The minimum absolute atomic E-state index is 0.162. The molecule has 1 heterocycles. The van der Waals surface area contributed by atoms with Gasteiger partial charge in [0, 0.05) is 15.6 Å². The number of carbonyl (C=O) groups excluding carboxylic acids is 2. The van der Waals surface area contributed by atoms with Crippen LogP contribution in [0.15, 0.2) is 71.6 Å². The summed E-state index contributed by atoms with van der Waals surface area (Å²) in [5.74, 6) is 1.32. The molecule has 4 rings (SSSR count). The Morgan fingerprint density at radius 2 is 1.74 bits per heavy atom. The zero-order valence-electron chi connectivity index (χ0n) is 18.7. The molecule has 1 aliphatic rings. The van der Waals surface area contributed by atoms with Gasteiger partial charge in [-0.1, -0.05) is 53.5 Å². The molecule has 2 amide bonds. The van der Waals surface area contributed by atoms with E-state index in [1.165, 1.54) is 4.90 Å². The molecule has 0 bridgehead atoms. The molecule has 0 aliphatic carbocycles. The fourth-order valence-electron chi connectivity index (χ4n) is 3.31. The molecule has 3 aromatic rings. The molecule has 0 aromatic heterocycles. The van der Waals surface area contributed by atoms with Crippen molar-refractivity contribution in [3.05, 3.63) is 92.8 Å². The average Bonchev–Trinajstić information content (AvgIpc) is 3.11. The third-order valence-corrected chi connectivity index (χ3v) is 6.58. The highest BCUT2D eigenvalue weighted by Gasteiger charge is 2.34. The van der Waals surface area contributed by atoms with Crippen LogP contribution in [0.5, 0.6) is 17.2 Å². The van der Waals surface area contributed by atoms with Gasteiger partial charge < -0.3 is 14.2 Å². The van der Waals surface area contributed by atoms with E-state index in [4.69, 9.17) is 37.4 Å². The molecule has 35 heavy (non-hydrogen) atoms. The Bertz CT molecular complexity index is 1270. The minimum Gasteiger partial charge on any atom is -0.493 e. The Labute approximate surface area is 217 Å². The number of nitrogens with zero attached hydrogens (tertiary/aromatic N) is 1. The molecule has 0 radical (unpaired) electrons. The van der Waals surface area contributed by atoms with Crippen molar-refractivity contribution in [2.24, 2.45) is 0 Å². The monoisotopic (exact) mass is 529 g/mol. The van der Waals surface area contributed by atoms with E-state index in [0.717, 1.165) is 17.3 Å². The van der Waals surface area contributed by atoms with Crippen LogP contribution in [-0.2, 0) is 11.4 Å². The van der Waals surface area contributed by atoms with Crippen molar-refractivity contribution in [1.82, 2.24) is 4.90 Å². The SMILES string of the molecule is COc1ccc(/C=C2\SC(=O)N(CCOc3ccccc3)C2=O)cc1OCc1ccc(Cl)cc1Cl. The Hall–Kier alpha value is -3.13. The third kappa shape index (κ3) is 6.31. The first-order chi connectivity index (χ1) is 16.9. The summed E-state index contributed by atoms with van der Waals surface area (Å²) in [5.41, 5.74) is 1.46. The van der Waals surface area contributed by atoms with Crippen LogP contribution in [0.3, 0.4) is 0 Å². The predicted molar refractivity (Wildman–Crippen MR) is 138 cm³/mol. The number of hydrogen-bond donors (Lipinski definition) is 0. The van der Waals surface area contributed by atoms with Crippen molar-refractivity contribution >= 4 is 52.2 Å². The van der Waals surface area contributed by atoms with Crippen LogP contribution in [0.2, 0.25) is 10.0 Å². The Morgan fingerprint density at radius 1 is 0.943 bits per heavy atom. The lowest BCUT2D eigenvalue weighted by Gasteiger charge is -2.13. The molecule has 0 saturated carbocycles. The van der Waals surface area contributed by atoms with Crippen molar-refractivity contribution in [3.8, 4) is 17.2 Å². The van der Waals surface area contributed by atoms with Crippen molar-refractivity contribution in [2.75, 3.05) is 20.3 Å². The zero-order valence-corrected chi connectivity index (χ0v) is 21.0. The summed E-state index contributed by atoms with van der Waals surface area (Å²) < 4.78 is 16.9. The van der Waals surface area contributed by atoms with Gasteiger partial charge >= 0.3 is 0 Å². The maximum absolute atomic E-state index is 12.8. The van der Waals surface area contributed by atoms with Gasteiger partial charge in [-0.2, -0.15) is 0 Å². The number of carbonyl (C=O) groups is 2. The summed E-state index contributed by atoms with van der Waals surface area (Å²) in [6.07, 6.45) is 1.66. The first-order valence-corrected chi connectivity index (χ1v) is 12.2. The van der Waals surface area contributed by atoms with E-state index in [1.54, 1.807) is 49.6 Å². The normalized spacial score (nSPS) is 14.5. The third-order valence-electron chi connectivity index (χ3n) is 5.08. The smallest absolute Gasteiger partial charge is 0.293 e. The lowest BCUT2D eigenvalue weighted by Crippen LogP contribution is -2.32. The number of benzene rings is 3. The van der Waals surface area contributed by atoms with E-state index in [-0.39, 0.29) is 30.9 Å². The second-order valence-electron chi connectivity index (χ2n) is 7.43. The highest BCUT2D eigenvalue weighted by Crippen LogP contribution is 2.35. The number of hydrogen-bond acceptors (Lipinski definition) is 6. The summed E-state index contributed by atoms with van der Waals surface area (Å²) in [6.45, 7) is 0.576. The van der Waals surface area contributed by atoms with Crippen LogP contribution in [-0.4, -0.2) is 36.3 Å². The van der Waals surface area contributed by atoms with E-state index in [1.807, 2.05) is 30.3 Å². The standard InChI is InChI=1S/C26H21Cl2NO5S/c1-32-22-10-7-17(13-23(22)34-16-18-8-9-19(27)15-21(18)28)14-24-25(30)29(26(31)35-24)11-12-33-20-5-3-2-4-6-20/h2-10,13-15H,11-12,16H2,1H3/b24-14-. The number of methoxy groups -OCH3 is 1. The minimum atomic E-state index is -0.358. The average molecular weight is 530 g/mol. The molecule has 0 spiro atoms. The number of amides is 2. The van der Waals surface area contributed by atoms with Crippen LogP contribution < -0.4 is 14.2 Å². The largest absolute Gasteiger partial charge is 0.493 e. The lowest BCUT2D eigenvalue weighted by molar-refractivity contribution is -0.123. The summed E-state index contributed by atoms with van der Waals surface area (Å²) in [6, 6.07) is 19.7. The molecule has 1 fully saturated rings. The molecule has 0 N–H and O–H groups in total. The van der Waals surface area contributed by atoms with Crippen molar-refractivity contribution in [3.63, 3.8) is 0 Å². The molecule has 1 aliphatic heterocycles. The van der Waals surface area contributed by atoms with Gasteiger partial charge in [-0.25, -0.2) is 0 Å². The fourth-order valence-corrected chi connectivity index (χ4v) is 4.63. The van der Waals surface area contributed by atoms with Gasteiger partial charge in [-0.3, -0.25) is 14.5 Å². The number of thioether (sulfide) groups is 1. The number of imide groups is 1. The fraction of sp³-hybridized carbons (Fsp3) is 0.154. The van der Waals surface area contributed by atoms with Crippen LogP contribution in [0.4, 0.5) is 4.79 Å². The van der Waals surface area contributed by atoms with Crippen LogP contribution in [0, 0.1) is 0 Å². The molecule has 1 saturated heterocycles. The summed E-state index contributed by atoms with van der Waals surface area (Å²) in [7, 11) is 1.54. The summed E-state index contributed by atoms with van der Waals surface area (Å²) in [4.78, 5) is 26.7. The van der Waals surface area contributed by atoms with Gasteiger partial charge in [-0.05, 0) is 59.8 Å². The van der Waals surface area contributed by atoms with Crippen molar-refractivity contribution in [2.45, 2.75) is 6.61 Å². The van der Waals surface area contributed by atoms with E-state index in [9.17, 15) is 9.59 Å². The number of ether oxygens (including phenoxy) is 3. The van der Waals surface area contributed by atoms with Gasteiger partial charge in [0.15, 0.2) is 11.5 Å². The van der Waals surface area contributed by atoms with Crippen LogP contribution in [0.25, 0.3) is 6.08 Å². The Balaban J connectivity index is 1.44. The van der Waals surface area contributed by atoms with E-state index >= 15 is 0 Å². The van der Waals surface area contributed by atoms with E-state index < -0.39 is 0 Å². The number of halogens is 2. The van der Waals surface area contributed by atoms with Gasteiger partial charge in [0.05, 0.1) is 18.6 Å². The molecule has 180 valence electrons. The van der Waals surface area contributed by atoms with Gasteiger partial charge in [0.25, 0.3) is 11.1 Å². The molecule has 9 heteroatoms. The maximum Gasteiger partial charge on any atom is 0.293 e. The highest BCUT2D eigenvalue weighted by atomic mass is 35.5. The van der Waals surface area contributed by atoms with Gasteiger partial charge in [-0.15, -0.1) is 0 Å². The summed E-state index contributed by atoms with van der Waals surface area (Å²) >= 11 is 13.1. The second kappa shape index (κ2) is 11.5. The van der Waals surface area contributed by atoms with E-state index in [0.29, 0.717) is 37.8 Å². The molecular formula is C26H21Cl2NO5S. The second-order valence-corrected chi connectivity index (χ2v) is 9.27. The van der Waals surface area contributed by atoms with E-state index in [2.05, 4.69) is 0 Å². The lowest BCUT2D eigenvalue weighted by atomic mass is 10.1. The molecular weight excluding hydrogens is 509 g/mol. The number of para-hydroxylation sites is 1.